The molecular weight excluding hydrogens is 262 g/mol. The van der Waals surface area contributed by atoms with Gasteiger partial charge in [-0.1, -0.05) is 13.3 Å². The standard InChI is InChI=1S/C17H33N3O/c1-2-18-17-5-3-4-15(17)6-8-19-9-7-16(14-19)20-10-12-21-13-11-20/h15-18H,2-14H2,1H3. The first-order valence-corrected chi connectivity index (χ1v) is 9.14. The lowest BCUT2D eigenvalue weighted by molar-refractivity contribution is 0.0184. The maximum atomic E-state index is 5.47. The maximum Gasteiger partial charge on any atom is 0.0594 e. The minimum absolute atomic E-state index is 0.794. The van der Waals surface area contributed by atoms with Gasteiger partial charge in [0.1, 0.15) is 0 Å². The number of likely N-dealkylation sites (tertiary alicyclic amines) is 1. The molecule has 4 heteroatoms. The van der Waals surface area contributed by atoms with Crippen molar-refractivity contribution in [1.29, 1.82) is 0 Å². The van der Waals surface area contributed by atoms with Crippen molar-refractivity contribution >= 4 is 0 Å². The highest BCUT2D eigenvalue weighted by Gasteiger charge is 2.30. The summed E-state index contributed by atoms with van der Waals surface area (Å²) < 4.78 is 5.47. The zero-order chi connectivity index (χ0) is 14.5. The second-order valence-corrected chi connectivity index (χ2v) is 7.04. The van der Waals surface area contributed by atoms with Gasteiger partial charge in [0.25, 0.3) is 0 Å². The summed E-state index contributed by atoms with van der Waals surface area (Å²) in [6, 6.07) is 1.59. The molecule has 2 heterocycles. The van der Waals surface area contributed by atoms with Crippen molar-refractivity contribution in [3.63, 3.8) is 0 Å². The summed E-state index contributed by atoms with van der Waals surface area (Å²) in [6.07, 6.45) is 7.03. The van der Waals surface area contributed by atoms with Gasteiger partial charge in [-0.3, -0.25) is 4.90 Å². The Labute approximate surface area is 130 Å². The molecule has 2 aliphatic heterocycles. The first kappa shape index (κ1) is 15.7. The van der Waals surface area contributed by atoms with Gasteiger partial charge in [-0.15, -0.1) is 0 Å². The Balaban J connectivity index is 1.38. The van der Waals surface area contributed by atoms with E-state index in [0.29, 0.717) is 0 Å². The molecule has 122 valence electrons. The summed E-state index contributed by atoms with van der Waals surface area (Å²) in [6.45, 7) is 11.4. The van der Waals surface area contributed by atoms with E-state index in [1.165, 1.54) is 51.7 Å². The van der Waals surface area contributed by atoms with Gasteiger partial charge in [-0.05, 0) is 51.2 Å². The van der Waals surface area contributed by atoms with Gasteiger partial charge in [0.2, 0.25) is 0 Å². The minimum atomic E-state index is 0.794. The average Bonchev–Trinajstić information content (AvgIpc) is 3.16. The van der Waals surface area contributed by atoms with Gasteiger partial charge >= 0.3 is 0 Å². The van der Waals surface area contributed by atoms with Crippen molar-refractivity contribution in [1.82, 2.24) is 15.1 Å². The van der Waals surface area contributed by atoms with Crippen molar-refractivity contribution in [2.24, 2.45) is 5.92 Å². The Morgan fingerprint density at radius 1 is 1.10 bits per heavy atom. The highest BCUT2D eigenvalue weighted by Crippen LogP contribution is 2.29. The predicted molar refractivity (Wildman–Crippen MR) is 86.7 cm³/mol. The molecule has 1 aliphatic carbocycles. The normalized spacial score (nSPS) is 35.6. The van der Waals surface area contributed by atoms with E-state index in [1.54, 1.807) is 0 Å². The van der Waals surface area contributed by atoms with Crippen molar-refractivity contribution in [3.05, 3.63) is 0 Å². The summed E-state index contributed by atoms with van der Waals surface area (Å²) in [5.74, 6) is 0.924. The molecule has 1 N–H and O–H groups in total. The van der Waals surface area contributed by atoms with Crippen LogP contribution in [0, 0.1) is 5.92 Å². The molecule has 3 fully saturated rings. The van der Waals surface area contributed by atoms with Gasteiger partial charge in [0.05, 0.1) is 13.2 Å². The van der Waals surface area contributed by atoms with E-state index in [9.17, 15) is 0 Å². The molecule has 0 aromatic heterocycles. The summed E-state index contributed by atoms with van der Waals surface area (Å²) in [5.41, 5.74) is 0. The minimum Gasteiger partial charge on any atom is -0.379 e. The molecular formula is C17H33N3O. The molecule has 0 spiro atoms. The molecule has 0 radical (unpaired) electrons. The van der Waals surface area contributed by atoms with E-state index < -0.39 is 0 Å². The molecule has 0 bridgehead atoms. The predicted octanol–water partition coefficient (Wildman–Crippen LogP) is 1.56. The number of morpholine rings is 1. The third-order valence-corrected chi connectivity index (χ3v) is 5.75. The van der Waals surface area contributed by atoms with Crippen LogP contribution in [0.15, 0.2) is 0 Å². The van der Waals surface area contributed by atoms with Gasteiger partial charge in [-0.2, -0.15) is 0 Å². The van der Waals surface area contributed by atoms with Crippen molar-refractivity contribution in [2.75, 3.05) is 52.5 Å². The van der Waals surface area contributed by atoms with Crippen LogP contribution >= 0.6 is 0 Å². The van der Waals surface area contributed by atoms with Crippen LogP contribution in [0.1, 0.15) is 39.0 Å². The van der Waals surface area contributed by atoms with Crippen LogP contribution in [-0.2, 0) is 4.74 Å². The lowest BCUT2D eigenvalue weighted by atomic mass is 9.99. The molecule has 2 saturated heterocycles. The van der Waals surface area contributed by atoms with Crippen LogP contribution in [-0.4, -0.2) is 74.4 Å². The Morgan fingerprint density at radius 3 is 2.76 bits per heavy atom. The Bertz CT molecular complexity index is 306. The van der Waals surface area contributed by atoms with E-state index in [4.69, 9.17) is 4.74 Å². The van der Waals surface area contributed by atoms with E-state index in [-0.39, 0.29) is 0 Å². The molecule has 21 heavy (non-hydrogen) atoms. The summed E-state index contributed by atoms with van der Waals surface area (Å²) >= 11 is 0. The van der Waals surface area contributed by atoms with Gasteiger partial charge in [-0.25, -0.2) is 0 Å². The van der Waals surface area contributed by atoms with E-state index >= 15 is 0 Å². The Kier molecular flexibility index (Phi) is 5.92. The summed E-state index contributed by atoms with van der Waals surface area (Å²) in [5, 5.41) is 3.69. The van der Waals surface area contributed by atoms with Gasteiger partial charge in [0, 0.05) is 31.7 Å². The molecule has 0 aromatic rings. The van der Waals surface area contributed by atoms with Crippen LogP contribution < -0.4 is 5.32 Å². The fourth-order valence-corrected chi connectivity index (χ4v) is 4.52. The maximum absolute atomic E-state index is 5.47. The second-order valence-electron chi connectivity index (χ2n) is 7.04. The highest BCUT2D eigenvalue weighted by atomic mass is 16.5. The zero-order valence-electron chi connectivity index (χ0n) is 13.7. The average molecular weight is 295 g/mol. The molecule has 1 saturated carbocycles. The largest absolute Gasteiger partial charge is 0.379 e. The molecule has 3 rings (SSSR count). The lowest BCUT2D eigenvalue weighted by Gasteiger charge is -2.32. The van der Waals surface area contributed by atoms with Crippen LogP contribution in [0.5, 0.6) is 0 Å². The van der Waals surface area contributed by atoms with Crippen LogP contribution in [0.2, 0.25) is 0 Å². The van der Waals surface area contributed by atoms with E-state index in [0.717, 1.165) is 50.8 Å². The van der Waals surface area contributed by atoms with Crippen molar-refractivity contribution < 1.29 is 4.74 Å². The van der Waals surface area contributed by atoms with Gasteiger partial charge in [0.15, 0.2) is 0 Å². The zero-order valence-corrected chi connectivity index (χ0v) is 13.7. The van der Waals surface area contributed by atoms with Crippen LogP contribution in [0.3, 0.4) is 0 Å². The third-order valence-electron chi connectivity index (χ3n) is 5.75. The number of hydrogen-bond acceptors (Lipinski definition) is 4. The first-order chi connectivity index (χ1) is 10.4. The molecule has 0 amide bonds. The monoisotopic (exact) mass is 295 g/mol. The second kappa shape index (κ2) is 7.91. The smallest absolute Gasteiger partial charge is 0.0594 e. The fraction of sp³-hybridized carbons (Fsp3) is 1.00. The first-order valence-electron chi connectivity index (χ1n) is 9.14. The number of rotatable bonds is 6. The van der Waals surface area contributed by atoms with Crippen molar-refractivity contribution in [3.8, 4) is 0 Å². The Morgan fingerprint density at radius 2 is 1.95 bits per heavy atom. The molecule has 3 aliphatic rings. The van der Waals surface area contributed by atoms with E-state index in [2.05, 4.69) is 22.0 Å². The topological polar surface area (TPSA) is 27.7 Å². The fourth-order valence-electron chi connectivity index (χ4n) is 4.52. The number of nitrogens with zero attached hydrogens (tertiary/aromatic N) is 2. The molecule has 4 nitrogen and oxygen atoms in total. The Hall–Kier alpha value is -0.160. The molecule has 3 atom stereocenters. The van der Waals surface area contributed by atoms with E-state index in [1.807, 2.05) is 0 Å². The lowest BCUT2D eigenvalue weighted by Crippen LogP contribution is -2.44. The van der Waals surface area contributed by atoms with Crippen LogP contribution in [0.25, 0.3) is 0 Å². The quantitative estimate of drug-likeness (QED) is 0.805. The molecule has 3 unspecified atom stereocenters. The number of nitrogens with one attached hydrogen (secondary N) is 1. The summed E-state index contributed by atoms with van der Waals surface area (Å²) in [4.78, 5) is 5.36. The number of ether oxygens (including phenoxy) is 1. The molecule has 0 aromatic carbocycles. The SMILES string of the molecule is CCNC1CCCC1CCN1CCC(N2CCOCC2)C1. The number of hydrogen-bond donors (Lipinski definition) is 1. The third kappa shape index (κ3) is 4.19. The van der Waals surface area contributed by atoms with Gasteiger partial charge < -0.3 is 15.0 Å². The summed E-state index contributed by atoms with van der Waals surface area (Å²) in [7, 11) is 0. The highest BCUT2D eigenvalue weighted by molar-refractivity contribution is 4.87. The van der Waals surface area contributed by atoms with Crippen molar-refractivity contribution in [2.45, 2.75) is 51.1 Å². The van der Waals surface area contributed by atoms with Crippen LogP contribution in [0.4, 0.5) is 0 Å².